The Bertz CT molecular complexity index is 234. The van der Waals surface area contributed by atoms with Crippen molar-refractivity contribution in [2.24, 2.45) is 0 Å². The van der Waals surface area contributed by atoms with Crippen LogP contribution in [0.1, 0.15) is 12.2 Å². The van der Waals surface area contributed by atoms with Gasteiger partial charge >= 0.3 is 0 Å². The molecule has 0 fully saturated rings. The number of hydrogen-bond acceptors (Lipinski definition) is 2. The van der Waals surface area contributed by atoms with Crippen LogP contribution in [0, 0.1) is 6.92 Å². The molecule has 2 nitrogen and oxygen atoms in total. The Balaban J connectivity index is 2.47. The van der Waals surface area contributed by atoms with Crippen LogP contribution in [0.15, 0.2) is 16.5 Å². The van der Waals surface area contributed by atoms with Crippen LogP contribution in [0.3, 0.4) is 0 Å². The van der Waals surface area contributed by atoms with Gasteiger partial charge in [0.05, 0.1) is 0 Å². The topological polar surface area (TPSA) is 16.4 Å². The summed E-state index contributed by atoms with van der Waals surface area (Å²) in [4.78, 5) is 2.06. The van der Waals surface area contributed by atoms with Gasteiger partial charge in [0.2, 0.25) is 0 Å². The summed E-state index contributed by atoms with van der Waals surface area (Å²) in [6, 6.07) is 3.94. The Morgan fingerprint density at radius 2 is 2.25 bits per heavy atom. The molecule has 1 aromatic heterocycles. The maximum absolute atomic E-state index is 5.58. The monoisotopic (exact) mass is 187 g/mol. The van der Waals surface area contributed by atoms with Crippen molar-refractivity contribution < 1.29 is 4.42 Å². The standard InChI is InChI=1S/C9H14ClNO/c1-8-4-5-9(12-8)11(2)7-3-6-10/h4-5H,3,6-7H2,1-2H3. The molecule has 0 aliphatic carbocycles. The highest BCUT2D eigenvalue weighted by Gasteiger charge is 2.03. The van der Waals surface area contributed by atoms with Gasteiger partial charge in [0.15, 0.2) is 5.88 Å². The summed E-state index contributed by atoms with van der Waals surface area (Å²) < 4.78 is 5.43. The van der Waals surface area contributed by atoms with Gasteiger partial charge in [-0.1, -0.05) is 0 Å². The maximum atomic E-state index is 5.58. The van der Waals surface area contributed by atoms with Crippen molar-refractivity contribution in [1.82, 2.24) is 0 Å². The number of nitrogens with zero attached hydrogens (tertiary/aromatic N) is 1. The zero-order valence-corrected chi connectivity index (χ0v) is 8.27. The first kappa shape index (κ1) is 9.46. The van der Waals surface area contributed by atoms with Gasteiger partial charge < -0.3 is 9.32 Å². The smallest absolute Gasteiger partial charge is 0.195 e. The minimum atomic E-state index is 0.698. The molecule has 0 N–H and O–H groups in total. The molecular weight excluding hydrogens is 174 g/mol. The number of aryl methyl sites for hydroxylation is 1. The predicted molar refractivity (Wildman–Crippen MR) is 52.1 cm³/mol. The lowest BCUT2D eigenvalue weighted by atomic mass is 10.4. The van der Waals surface area contributed by atoms with E-state index in [1.165, 1.54) is 0 Å². The van der Waals surface area contributed by atoms with Gasteiger partial charge in [0, 0.05) is 25.5 Å². The summed E-state index contributed by atoms with van der Waals surface area (Å²) in [5.41, 5.74) is 0. The van der Waals surface area contributed by atoms with E-state index < -0.39 is 0 Å². The van der Waals surface area contributed by atoms with Crippen molar-refractivity contribution in [3.63, 3.8) is 0 Å². The number of halogens is 1. The summed E-state index contributed by atoms with van der Waals surface area (Å²) >= 11 is 5.58. The maximum Gasteiger partial charge on any atom is 0.195 e. The van der Waals surface area contributed by atoms with Gasteiger partial charge in [-0.15, -0.1) is 11.6 Å². The SMILES string of the molecule is Cc1ccc(N(C)CCCCl)o1. The normalized spacial score (nSPS) is 10.2. The van der Waals surface area contributed by atoms with E-state index in [4.69, 9.17) is 16.0 Å². The van der Waals surface area contributed by atoms with Gasteiger partial charge in [0.25, 0.3) is 0 Å². The van der Waals surface area contributed by atoms with Crippen molar-refractivity contribution in [2.45, 2.75) is 13.3 Å². The van der Waals surface area contributed by atoms with E-state index in [2.05, 4.69) is 4.90 Å². The average Bonchev–Trinajstić information content (AvgIpc) is 2.47. The van der Waals surface area contributed by atoms with Crippen LogP contribution < -0.4 is 4.90 Å². The summed E-state index contributed by atoms with van der Waals surface area (Å²) in [7, 11) is 2.00. The first-order valence-electron chi connectivity index (χ1n) is 4.07. The molecule has 0 saturated carbocycles. The molecule has 0 radical (unpaired) electrons. The van der Waals surface area contributed by atoms with E-state index in [0.717, 1.165) is 24.6 Å². The first-order valence-corrected chi connectivity index (χ1v) is 4.61. The van der Waals surface area contributed by atoms with E-state index in [1.54, 1.807) is 0 Å². The van der Waals surface area contributed by atoms with Crippen LogP contribution in [-0.2, 0) is 0 Å². The Morgan fingerprint density at radius 1 is 1.50 bits per heavy atom. The fourth-order valence-corrected chi connectivity index (χ4v) is 1.15. The summed E-state index contributed by atoms with van der Waals surface area (Å²) in [6.07, 6.45) is 0.984. The minimum Gasteiger partial charge on any atom is -0.446 e. The van der Waals surface area contributed by atoms with E-state index in [9.17, 15) is 0 Å². The van der Waals surface area contributed by atoms with Crippen LogP contribution >= 0.6 is 11.6 Å². The summed E-state index contributed by atoms with van der Waals surface area (Å²) in [6.45, 7) is 2.88. The number of furan rings is 1. The minimum absolute atomic E-state index is 0.698. The highest BCUT2D eigenvalue weighted by Crippen LogP contribution is 2.16. The van der Waals surface area contributed by atoms with Crippen molar-refractivity contribution in [1.29, 1.82) is 0 Å². The Kier molecular flexibility index (Phi) is 3.48. The molecule has 0 spiro atoms. The predicted octanol–water partition coefficient (Wildman–Crippen LogP) is 2.65. The fourth-order valence-electron chi connectivity index (χ4n) is 1.03. The molecule has 0 aliphatic rings. The number of rotatable bonds is 4. The lowest BCUT2D eigenvalue weighted by molar-refractivity contribution is 0.525. The van der Waals surface area contributed by atoms with Crippen molar-refractivity contribution in [2.75, 3.05) is 24.4 Å². The van der Waals surface area contributed by atoms with Gasteiger partial charge in [-0.2, -0.15) is 0 Å². The van der Waals surface area contributed by atoms with Crippen LogP contribution in [0.5, 0.6) is 0 Å². The molecule has 1 heterocycles. The van der Waals surface area contributed by atoms with Gasteiger partial charge in [-0.05, 0) is 19.4 Å². The van der Waals surface area contributed by atoms with Gasteiger partial charge in [-0.25, -0.2) is 0 Å². The number of anilines is 1. The zero-order valence-electron chi connectivity index (χ0n) is 7.51. The largest absolute Gasteiger partial charge is 0.446 e. The quantitative estimate of drug-likeness (QED) is 0.674. The second-order valence-electron chi connectivity index (χ2n) is 2.85. The lowest BCUT2D eigenvalue weighted by Crippen LogP contribution is -2.17. The van der Waals surface area contributed by atoms with Crippen LogP contribution in [-0.4, -0.2) is 19.5 Å². The number of alkyl halides is 1. The van der Waals surface area contributed by atoms with E-state index in [0.29, 0.717) is 5.88 Å². The van der Waals surface area contributed by atoms with Crippen molar-refractivity contribution in [3.8, 4) is 0 Å². The van der Waals surface area contributed by atoms with Gasteiger partial charge in [0.1, 0.15) is 5.76 Å². The molecule has 0 atom stereocenters. The van der Waals surface area contributed by atoms with Crippen LogP contribution in [0.2, 0.25) is 0 Å². The third-order valence-corrected chi connectivity index (χ3v) is 2.00. The second-order valence-corrected chi connectivity index (χ2v) is 3.23. The third-order valence-electron chi connectivity index (χ3n) is 1.73. The number of hydrogen-bond donors (Lipinski definition) is 0. The molecule has 0 unspecified atom stereocenters. The molecule has 68 valence electrons. The lowest BCUT2D eigenvalue weighted by Gasteiger charge is -2.14. The summed E-state index contributed by atoms with van der Waals surface area (Å²) in [5.74, 6) is 2.56. The Labute approximate surface area is 78.1 Å². The molecule has 0 aliphatic heterocycles. The molecule has 1 aromatic rings. The third kappa shape index (κ3) is 2.45. The Hall–Kier alpha value is -0.630. The van der Waals surface area contributed by atoms with Crippen molar-refractivity contribution >= 4 is 17.5 Å². The Morgan fingerprint density at radius 3 is 2.75 bits per heavy atom. The highest BCUT2D eigenvalue weighted by molar-refractivity contribution is 6.17. The van der Waals surface area contributed by atoms with Gasteiger partial charge in [-0.3, -0.25) is 0 Å². The zero-order chi connectivity index (χ0) is 8.97. The molecule has 0 aromatic carbocycles. The van der Waals surface area contributed by atoms with Crippen LogP contribution in [0.4, 0.5) is 5.88 Å². The molecule has 0 bridgehead atoms. The molecule has 0 amide bonds. The molecular formula is C9H14ClNO. The molecule has 1 rings (SSSR count). The van der Waals surface area contributed by atoms with Crippen molar-refractivity contribution in [3.05, 3.63) is 17.9 Å². The van der Waals surface area contributed by atoms with Crippen LogP contribution in [0.25, 0.3) is 0 Å². The average molecular weight is 188 g/mol. The second kappa shape index (κ2) is 4.41. The molecule has 12 heavy (non-hydrogen) atoms. The molecule has 0 saturated heterocycles. The summed E-state index contributed by atoms with van der Waals surface area (Å²) in [5, 5.41) is 0. The van der Waals surface area contributed by atoms with E-state index in [-0.39, 0.29) is 0 Å². The van der Waals surface area contributed by atoms with E-state index >= 15 is 0 Å². The molecule has 3 heteroatoms. The highest BCUT2D eigenvalue weighted by atomic mass is 35.5. The van der Waals surface area contributed by atoms with E-state index in [1.807, 2.05) is 26.1 Å². The fraction of sp³-hybridized carbons (Fsp3) is 0.556. The first-order chi connectivity index (χ1) is 5.74.